The van der Waals surface area contributed by atoms with Crippen molar-refractivity contribution < 1.29 is 9.53 Å². The van der Waals surface area contributed by atoms with Crippen molar-refractivity contribution in [3.63, 3.8) is 0 Å². The number of hydrazone groups is 1. The molecule has 0 atom stereocenters. The van der Waals surface area contributed by atoms with Gasteiger partial charge in [0.05, 0.1) is 6.21 Å². The minimum absolute atomic E-state index is 0.466. The van der Waals surface area contributed by atoms with Crippen LogP contribution in [-0.2, 0) is 6.61 Å². The van der Waals surface area contributed by atoms with Crippen LogP contribution in [0.25, 0.3) is 0 Å². The molecule has 2 rings (SSSR count). The first kappa shape index (κ1) is 14.9. The van der Waals surface area contributed by atoms with E-state index in [1.54, 1.807) is 0 Å². The number of hydrogen-bond donors (Lipinski definition) is 2. The molecule has 0 fully saturated rings. The van der Waals surface area contributed by atoms with Gasteiger partial charge in [-0.05, 0) is 47.5 Å². The van der Waals surface area contributed by atoms with Gasteiger partial charge in [-0.15, -0.1) is 0 Å². The van der Waals surface area contributed by atoms with E-state index in [1.807, 2.05) is 48.5 Å². The van der Waals surface area contributed by atoms with E-state index in [0.717, 1.165) is 16.9 Å². The summed E-state index contributed by atoms with van der Waals surface area (Å²) in [5.41, 5.74) is 8.88. The Hall–Kier alpha value is -2.53. The molecule has 0 spiro atoms. The normalized spacial score (nSPS) is 10.5. The number of carbonyl (C=O) groups excluding carboxylic acids is 1. The molecule has 2 aromatic rings. The summed E-state index contributed by atoms with van der Waals surface area (Å²) >= 11 is 5.82. The van der Waals surface area contributed by atoms with Crippen molar-refractivity contribution in [1.29, 1.82) is 0 Å². The highest BCUT2D eigenvalue weighted by molar-refractivity contribution is 6.30. The van der Waals surface area contributed by atoms with Crippen LogP contribution < -0.4 is 15.9 Å². The Morgan fingerprint density at radius 1 is 1.19 bits per heavy atom. The number of primary amides is 1. The van der Waals surface area contributed by atoms with Crippen LogP contribution in [0, 0.1) is 0 Å². The Bertz CT molecular complexity index is 624. The molecule has 2 amide bonds. The van der Waals surface area contributed by atoms with E-state index in [1.165, 1.54) is 6.21 Å². The van der Waals surface area contributed by atoms with E-state index in [9.17, 15) is 4.79 Å². The van der Waals surface area contributed by atoms with E-state index >= 15 is 0 Å². The molecule has 0 aromatic heterocycles. The molecule has 0 aliphatic rings. The number of urea groups is 1. The third-order valence-corrected chi connectivity index (χ3v) is 2.84. The van der Waals surface area contributed by atoms with Gasteiger partial charge in [-0.2, -0.15) is 5.10 Å². The molecule has 108 valence electrons. The summed E-state index contributed by atoms with van der Waals surface area (Å²) in [4.78, 5) is 10.5. The number of ether oxygens (including phenoxy) is 1. The lowest BCUT2D eigenvalue weighted by Crippen LogP contribution is -2.24. The van der Waals surface area contributed by atoms with Gasteiger partial charge in [-0.1, -0.05) is 23.7 Å². The predicted molar refractivity (Wildman–Crippen MR) is 82.5 cm³/mol. The fourth-order valence-corrected chi connectivity index (χ4v) is 1.69. The van der Waals surface area contributed by atoms with E-state index in [-0.39, 0.29) is 0 Å². The quantitative estimate of drug-likeness (QED) is 0.658. The Labute approximate surface area is 127 Å². The Morgan fingerprint density at radius 2 is 1.86 bits per heavy atom. The maximum Gasteiger partial charge on any atom is 0.332 e. The fourth-order valence-electron chi connectivity index (χ4n) is 1.57. The lowest BCUT2D eigenvalue weighted by atomic mass is 10.2. The minimum atomic E-state index is -0.700. The molecule has 0 radical (unpaired) electrons. The van der Waals surface area contributed by atoms with Gasteiger partial charge < -0.3 is 10.5 Å². The third-order valence-electron chi connectivity index (χ3n) is 2.59. The molecule has 6 heteroatoms. The number of carbonyl (C=O) groups is 1. The first-order chi connectivity index (χ1) is 10.1. The summed E-state index contributed by atoms with van der Waals surface area (Å²) in [5.74, 6) is 0.741. The number of nitrogens with zero attached hydrogens (tertiary/aromatic N) is 1. The SMILES string of the molecule is NC(=O)N/N=C\c1ccc(OCc2ccc(Cl)cc2)cc1. The average molecular weight is 304 g/mol. The zero-order valence-corrected chi connectivity index (χ0v) is 11.9. The van der Waals surface area contributed by atoms with Crippen LogP contribution in [0.15, 0.2) is 53.6 Å². The highest BCUT2D eigenvalue weighted by atomic mass is 35.5. The Balaban J connectivity index is 1.88. The summed E-state index contributed by atoms with van der Waals surface area (Å²) in [5, 5.41) is 4.37. The molecule has 0 saturated carbocycles. The number of hydrogen-bond acceptors (Lipinski definition) is 3. The van der Waals surface area contributed by atoms with Crippen molar-refractivity contribution in [3.8, 4) is 5.75 Å². The number of rotatable bonds is 5. The summed E-state index contributed by atoms with van der Waals surface area (Å²) < 4.78 is 5.65. The molecule has 0 saturated heterocycles. The summed E-state index contributed by atoms with van der Waals surface area (Å²) in [7, 11) is 0. The van der Waals surface area contributed by atoms with E-state index in [0.29, 0.717) is 11.6 Å². The lowest BCUT2D eigenvalue weighted by Gasteiger charge is -2.06. The van der Waals surface area contributed by atoms with Crippen LogP contribution in [0.2, 0.25) is 5.02 Å². The molecule has 21 heavy (non-hydrogen) atoms. The summed E-state index contributed by atoms with van der Waals surface area (Å²) in [6.45, 7) is 0.466. The van der Waals surface area contributed by atoms with Crippen LogP contribution in [-0.4, -0.2) is 12.2 Å². The molecular weight excluding hydrogens is 290 g/mol. The van der Waals surface area contributed by atoms with Crippen LogP contribution in [0.1, 0.15) is 11.1 Å². The molecular formula is C15H14ClN3O2. The second-order valence-corrected chi connectivity index (χ2v) is 4.65. The van der Waals surface area contributed by atoms with Crippen LogP contribution in [0.4, 0.5) is 4.79 Å². The molecule has 3 N–H and O–H groups in total. The van der Waals surface area contributed by atoms with Gasteiger partial charge in [-0.25, -0.2) is 10.2 Å². The number of nitrogens with two attached hydrogens (primary N) is 1. The van der Waals surface area contributed by atoms with E-state index in [2.05, 4.69) is 10.5 Å². The number of benzene rings is 2. The van der Waals surface area contributed by atoms with Crippen molar-refractivity contribution in [2.75, 3.05) is 0 Å². The van der Waals surface area contributed by atoms with Crippen molar-refractivity contribution in [3.05, 3.63) is 64.7 Å². The smallest absolute Gasteiger partial charge is 0.332 e. The highest BCUT2D eigenvalue weighted by Crippen LogP contribution is 2.15. The minimum Gasteiger partial charge on any atom is -0.489 e. The zero-order valence-electron chi connectivity index (χ0n) is 11.1. The fraction of sp³-hybridized carbons (Fsp3) is 0.0667. The van der Waals surface area contributed by atoms with Crippen molar-refractivity contribution in [2.24, 2.45) is 10.8 Å². The van der Waals surface area contributed by atoms with Gasteiger partial charge in [0.1, 0.15) is 12.4 Å². The van der Waals surface area contributed by atoms with Gasteiger partial charge in [0, 0.05) is 5.02 Å². The first-order valence-electron chi connectivity index (χ1n) is 6.19. The van der Waals surface area contributed by atoms with Gasteiger partial charge >= 0.3 is 6.03 Å². The predicted octanol–water partition coefficient (Wildman–Crippen LogP) is 2.92. The standard InChI is InChI=1S/C15H14ClN3O2/c16-13-5-1-12(2-6-13)10-21-14-7-3-11(4-8-14)9-18-19-15(17)20/h1-9H,10H2,(H3,17,19,20)/b18-9-. The number of amides is 2. The maximum atomic E-state index is 10.5. The molecule has 2 aromatic carbocycles. The highest BCUT2D eigenvalue weighted by Gasteiger charge is 1.97. The summed E-state index contributed by atoms with van der Waals surface area (Å²) in [6, 6.07) is 14.1. The monoisotopic (exact) mass is 303 g/mol. The average Bonchev–Trinajstić information content (AvgIpc) is 2.48. The van der Waals surface area contributed by atoms with E-state index in [4.69, 9.17) is 22.1 Å². The summed E-state index contributed by atoms with van der Waals surface area (Å²) in [6.07, 6.45) is 1.49. The van der Waals surface area contributed by atoms with E-state index < -0.39 is 6.03 Å². The van der Waals surface area contributed by atoms with Crippen molar-refractivity contribution in [2.45, 2.75) is 6.61 Å². The van der Waals surface area contributed by atoms with Crippen LogP contribution in [0.3, 0.4) is 0 Å². The Morgan fingerprint density at radius 3 is 2.48 bits per heavy atom. The molecule has 0 aliphatic carbocycles. The molecule has 0 unspecified atom stereocenters. The lowest BCUT2D eigenvalue weighted by molar-refractivity contribution is 0.249. The van der Waals surface area contributed by atoms with Gasteiger partial charge in [0.2, 0.25) is 0 Å². The molecule has 5 nitrogen and oxygen atoms in total. The van der Waals surface area contributed by atoms with Crippen LogP contribution >= 0.6 is 11.6 Å². The third kappa shape index (κ3) is 5.16. The maximum absolute atomic E-state index is 10.5. The second kappa shape index (κ2) is 7.31. The van der Waals surface area contributed by atoms with Crippen molar-refractivity contribution in [1.82, 2.24) is 5.43 Å². The zero-order chi connectivity index (χ0) is 15.1. The number of nitrogens with one attached hydrogen (secondary N) is 1. The first-order valence-corrected chi connectivity index (χ1v) is 6.57. The molecule has 0 aliphatic heterocycles. The second-order valence-electron chi connectivity index (χ2n) is 4.22. The number of halogens is 1. The largest absolute Gasteiger partial charge is 0.489 e. The molecule has 0 heterocycles. The molecule has 0 bridgehead atoms. The van der Waals surface area contributed by atoms with Crippen LogP contribution in [0.5, 0.6) is 5.75 Å². The topological polar surface area (TPSA) is 76.7 Å². The van der Waals surface area contributed by atoms with Crippen molar-refractivity contribution >= 4 is 23.8 Å². The van der Waals surface area contributed by atoms with Gasteiger partial charge in [0.15, 0.2) is 0 Å². The Kier molecular flexibility index (Phi) is 5.17. The van der Waals surface area contributed by atoms with Gasteiger partial charge in [-0.3, -0.25) is 0 Å². The van der Waals surface area contributed by atoms with Gasteiger partial charge in [0.25, 0.3) is 0 Å².